The molecule has 2 fully saturated rings. The Morgan fingerprint density at radius 2 is 1.94 bits per heavy atom. The van der Waals surface area contributed by atoms with Gasteiger partial charge >= 0.3 is 0 Å². The highest BCUT2D eigenvalue weighted by atomic mass is 16.2. The number of likely N-dealkylation sites (tertiary alicyclic amines) is 1. The van der Waals surface area contributed by atoms with Crippen molar-refractivity contribution in [3.8, 4) is 0 Å². The van der Waals surface area contributed by atoms with E-state index in [1.165, 1.54) is 31.3 Å². The van der Waals surface area contributed by atoms with E-state index >= 15 is 0 Å². The molecule has 1 heterocycles. The lowest BCUT2D eigenvalue weighted by Gasteiger charge is -2.27. The highest BCUT2D eigenvalue weighted by Crippen LogP contribution is 2.18. The van der Waals surface area contributed by atoms with Crippen LogP contribution in [-0.4, -0.2) is 36.5 Å². The fourth-order valence-electron chi connectivity index (χ4n) is 2.57. The third-order valence-corrected chi connectivity index (χ3v) is 3.65. The third kappa shape index (κ3) is 3.34. The van der Waals surface area contributed by atoms with Gasteiger partial charge in [-0.1, -0.05) is 25.0 Å². The number of rotatable bonds is 3. The van der Waals surface area contributed by atoms with Crippen LogP contribution in [0.3, 0.4) is 0 Å². The Balaban J connectivity index is 1.68. The van der Waals surface area contributed by atoms with E-state index < -0.39 is 0 Å². The van der Waals surface area contributed by atoms with E-state index in [-0.39, 0.29) is 5.91 Å². The molecule has 3 nitrogen and oxygen atoms in total. The van der Waals surface area contributed by atoms with Crippen LogP contribution in [0.4, 0.5) is 0 Å². The normalized spacial score (nSPS) is 23.6. The van der Waals surface area contributed by atoms with Crippen molar-refractivity contribution in [1.82, 2.24) is 10.2 Å². The highest BCUT2D eigenvalue weighted by Gasteiger charge is 2.19. The zero-order valence-corrected chi connectivity index (χ0v) is 10.0. The molecule has 0 radical (unpaired) electrons. The predicted molar refractivity (Wildman–Crippen MR) is 65.2 cm³/mol. The molecule has 0 aromatic rings. The van der Waals surface area contributed by atoms with Gasteiger partial charge in [-0.25, -0.2) is 0 Å². The van der Waals surface area contributed by atoms with Crippen LogP contribution in [0, 0.1) is 0 Å². The maximum Gasteiger partial charge on any atom is 0.234 e. The quantitative estimate of drug-likeness (QED) is 0.737. The Labute approximate surface area is 97.9 Å². The molecule has 3 heteroatoms. The van der Waals surface area contributed by atoms with Crippen LogP contribution >= 0.6 is 0 Å². The van der Waals surface area contributed by atoms with E-state index in [1.807, 2.05) is 0 Å². The SMILES string of the molecule is C=C1CCN(CC(=O)NC2CCCC2)CC1. The van der Waals surface area contributed by atoms with E-state index in [4.69, 9.17) is 0 Å². The summed E-state index contributed by atoms with van der Waals surface area (Å²) >= 11 is 0. The molecule has 1 aliphatic heterocycles. The maximum absolute atomic E-state index is 11.8. The van der Waals surface area contributed by atoms with Gasteiger partial charge in [0.1, 0.15) is 0 Å². The maximum atomic E-state index is 11.8. The molecule has 2 aliphatic rings. The van der Waals surface area contributed by atoms with Gasteiger partial charge in [-0.2, -0.15) is 0 Å². The zero-order valence-electron chi connectivity index (χ0n) is 10.0. The molecular weight excluding hydrogens is 200 g/mol. The van der Waals surface area contributed by atoms with Crippen molar-refractivity contribution in [1.29, 1.82) is 0 Å². The number of amides is 1. The largest absolute Gasteiger partial charge is 0.352 e. The minimum atomic E-state index is 0.208. The number of hydrogen-bond acceptors (Lipinski definition) is 2. The van der Waals surface area contributed by atoms with Gasteiger partial charge in [0, 0.05) is 19.1 Å². The van der Waals surface area contributed by atoms with Gasteiger partial charge in [0.2, 0.25) is 5.91 Å². The van der Waals surface area contributed by atoms with Crippen molar-refractivity contribution in [2.75, 3.05) is 19.6 Å². The molecule has 2 rings (SSSR count). The standard InChI is InChI=1S/C13H22N2O/c1-11-6-8-15(9-7-11)10-13(16)14-12-4-2-3-5-12/h12H,1-10H2,(H,14,16). The summed E-state index contributed by atoms with van der Waals surface area (Å²) in [4.78, 5) is 14.0. The highest BCUT2D eigenvalue weighted by molar-refractivity contribution is 5.78. The Hall–Kier alpha value is -0.830. The number of carbonyl (C=O) groups is 1. The molecule has 1 N–H and O–H groups in total. The second-order valence-electron chi connectivity index (χ2n) is 5.08. The molecule has 0 atom stereocenters. The number of nitrogens with zero attached hydrogens (tertiary/aromatic N) is 1. The molecular formula is C13H22N2O. The van der Waals surface area contributed by atoms with Crippen LogP contribution in [0.5, 0.6) is 0 Å². The van der Waals surface area contributed by atoms with Gasteiger partial charge in [-0.15, -0.1) is 0 Å². The Morgan fingerprint density at radius 3 is 2.56 bits per heavy atom. The lowest BCUT2D eigenvalue weighted by molar-refractivity contribution is -0.123. The molecule has 1 amide bonds. The fraction of sp³-hybridized carbons (Fsp3) is 0.769. The molecule has 1 saturated heterocycles. The minimum absolute atomic E-state index is 0.208. The average molecular weight is 222 g/mol. The predicted octanol–water partition coefficient (Wildman–Crippen LogP) is 1.70. The van der Waals surface area contributed by atoms with Gasteiger partial charge in [0.15, 0.2) is 0 Å². The summed E-state index contributed by atoms with van der Waals surface area (Å²) in [5.41, 5.74) is 1.33. The van der Waals surface area contributed by atoms with Crippen LogP contribution in [0.2, 0.25) is 0 Å². The number of piperidine rings is 1. The first-order valence-corrected chi connectivity index (χ1v) is 6.42. The zero-order chi connectivity index (χ0) is 11.4. The van der Waals surface area contributed by atoms with E-state index in [2.05, 4.69) is 16.8 Å². The third-order valence-electron chi connectivity index (χ3n) is 3.65. The lowest BCUT2D eigenvalue weighted by atomic mass is 10.1. The van der Waals surface area contributed by atoms with Crippen LogP contribution < -0.4 is 5.32 Å². The van der Waals surface area contributed by atoms with E-state index in [0.29, 0.717) is 12.6 Å². The molecule has 0 unspecified atom stereocenters. The second-order valence-corrected chi connectivity index (χ2v) is 5.08. The van der Waals surface area contributed by atoms with Crippen molar-refractivity contribution in [3.05, 3.63) is 12.2 Å². The number of nitrogens with one attached hydrogen (secondary N) is 1. The first kappa shape index (κ1) is 11.6. The van der Waals surface area contributed by atoms with Crippen LogP contribution in [-0.2, 0) is 4.79 Å². The summed E-state index contributed by atoms with van der Waals surface area (Å²) in [6, 6.07) is 0.451. The molecule has 0 spiro atoms. The lowest BCUT2D eigenvalue weighted by Crippen LogP contribution is -2.43. The van der Waals surface area contributed by atoms with Gasteiger partial charge in [-0.3, -0.25) is 9.69 Å². The Bertz CT molecular complexity index is 259. The Kier molecular flexibility index (Phi) is 3.99. The van der Waals surface area contributed by atoms with E-state index in [9.17, 15) is 4.79 Å². The molecule has 0 aromatic heterocycles. The van der Waals surface area contributed by atoms with Gasteiger partial charge in [0.05, 0.1) is 6.54 Å². The van der Waals surface area contributed by atoms with Gasteiger partial charge in [-0.05, 0) is 25.7 Å². The number of hydrogen-bond donors (Lipinski definition) is 1. The van der Waals surface area contributed by atoms with Gasteiger partial charge in [0.25, 0.3) is 0 Å². The topological polar surface area (TPSA) is 32.3 Å². The molecule has 0 aromatic carbocycles. The fourth-order valence-corrected chi connectivity index (χ4v) is 2.57. The first-order chi connectivity index (χ1) is 7.74. The van der Waals surface area contributed by atoms with Crippen molar-refractivity contribution in [2.24, 2.45) is 0 Å². The molecule has 0 bridgehead atoms. The van der Waals surface area contributed by atoms with Crippen LogP contribution in [0.25, 0.3) is 0 Å². The van der Waals surface area contributed by atoms with E-state index in [0.717, 1.165) is 25.9 Å². The summed E-state index contributed by atoms with van der Waals surface area (Å²) in [7, 11) is 0. The van der Waals surface area contributed by atoms with Crippen molar-refractivity contribution in [3.63, 3.8) is 0 Å². The van der Waals surface area contributed by atoms with Crippen molar-refractivity contribution in [2.45, 2.75) is 44.6 Å². The molecule has 90 valence electrons. The monoisotopic (exact) mass is 222 g/mol. The van der Waals surface area contributed by atoms with Crippen LogP contribution in [0.15, 0.2) is 12.2 Å². The Morgan fingerprint density at radius 1 is 1.31 bits per heavy atom. The summed E-state index contributed by atoms with van der Waals surface area (Å²) < 4.78 is 0. The first-order valence-electron chi connectivity index (χ1n) is 6.42. The second kappa shape index (κ2) is 5.48. The number of carbonyl (C=O) groups excluding carboxylic acids is 1. The summed E-state index contributed by atoms with van der Waals surface area (Å²) in [5.74, 6) is 0.208. The summed E-state index contributed by atoms with van der Waals surface area (Å²) in [6.07, 6.45) is 6.99. The van der Waals surface area contributed by atoms with E-state index in [1.54, 1.807) is 0 Å². The average Bonchev–Trinajstić information content (AvgIpc) is 2.74. The molecule has 16 heavy (non-hydrogen) atoms. The minimum Gasteiger partial charge on any atom is -0.352 e. The summed E-state index contributed by atoms with van der Waals surface area (Å²) in [6.45, 7) is 6.55. The summed E-state index contributed by atoms with van der Waals surface area (Å²) in [5, 5.41) is 3.13. The van der Waals surface area contributed by atoms with Gasteiger partial charge < -0.3 is 5.32 Å². The molecule has 1 aliphatic carbocycles. The van der Waals surface area contributed by atoms with Crippen molar-refractivity contribution < 1.29 is 4.79 Å². The van der Waals surface area contributed by atoms with Crippen molar-refractivity contribution >= 4 is 5.91 Å². The van der Waals surface area contributed by atoms with Crippen LogP contribution in [0.1, 0.15) is 38.5 Å². The molecule has 1 saturated carbocycles. The smallest absolute Gasteiger partial charge is 0.234 e.